The first-order valence-electron chi connectivity index (χ1n) is 13.1. The van der Waals surface area contributed by atoms with Crippen molar-refractivity contribution in [2.24, 2.45) is 0 Å². The van der Waals surface area contributed by atoms with Crippen LogP contribution in [0.2, 0.25) is 0 Å². The van der Waals surface area contributed by atoms with E-state index in [1.807, 2.05) is 55.5 Å². The fourth-order valence-electron chi connectivity index (χ4n) is 4.75. The van der Waals surface area contributed by atoms with Crippen LogP contribution in [0.5, 0.6) is 0 Å². The number of hydrogen-bond acceptors (Lipinski definition) is 6. The molecular weight excluding hydrogens is 514 g/mol. The maximum absolute atomic E-state index is 14.2. The summed E-state index contributed by atoms with van der Waals surface area (Å²) in [6.45, 7) is 5.47. The van der Waals surface area contributed by atoms with Gasteiger partial charge in [0.2, 0.25) is 0 Å². The lowest BCUT2D eigenvalue weighted by atomic mass is 10.1. The van der Waals surface area contributed by atoms with Gasteiger partial charge in [-0.15, -0.1) is 0 Å². The number of nitrogens with one attached hydrogen (secondary N) is 1. The molecule has 0 aliphatic heterocycles. The van der Waals surface area contributed by atoms with E-state index in [0.29, 0.717) is 44.9 Å². The van der Waals surface area contributed by atoms with E-state index in [0.717, 1.165) is 11.3 Å². The van der Waals surface area contributed by atoms with Gasteiger partial charge in [0.1, 0.15) is 11.4 Å². The first kappa shape index (κ1) is 25.6. The summed E-state index contributed by atoms with van der Waals surface area (Å²) in [6, 6.07) is 19.5. The van der Waals surface area contributed by atoms with Crippen LogP contribution in [0.4, 0.5) is 0 Å². The Hall–Kier alpha value is -5.62. The van der Waals surface area contributed by atoms with Crippen LogP contribution in [0.3, 0.4) is 0 Å². The maximum Gasteiger partial charge on any atom is 0.267 e. The molecule has 4 heterocycles. The summed E-state index contributed by atoms with van der Waals surface area (Å²) < 4.78 is 3.10. The van der Waals surface area contributed by atoms with Gasteiger partial charge in [0.25, 0.3) is 11.5 Å². The number of nitrogens with zero attached hydrogens (tertiary/aromatic N) is 6. The number of para-hydroxylation sites is 1. The van der Waals surface area contributed by atoms with Gasteiger partial charge in [-0.3, -0.25) is 19.1 Å². The van der Waals surface area contributed by atoms with Gasteiger partial charge in [-0.25, -0.2) is 14.5 Å². The molecule has 1 amide bonds. The minimum absolute atomic E-state index is 0.280. The van der Waals surface area contributed by atoms with E-state index in [1.54, 1.807) is 55.2 Å². The van der Waals surface area contributed by atoms with Crippen molar-refractivity contribution in [3.05, 3.63) is 130 Å². The van der Waals surface area contributed by atoms with Crippen LogP contribution in [0.15, 0.2) is 90.1 Å². The molecule has 9 nitrogen and oxygen atoms in total. The van der Waals surface area contributed by atoms with Crippen molar-refractivity contribution in [2.75, 3.05) is 0 Å². The first-order chi connectivity index (χ1) is 19.9. The third kappa shape index (κ3) is 4.83. The fourth-order valence-corrected chi connectivity index (χ4v) is 4.75. The second-order valence-corrected chi connectivity index (χ2v) is 9.63. The lowest BCUT2D eigenvalue weighted by molar-refractivity contribution is 0.0938. The number of aryl methyl sites for hydroxylation is 2. The number of carbonyl (C=O) groups is 1. The smallest absolute Gasteiger partial charge is 0.267 e. The molecule has 200 valence electrons. The molecule has 0 fully saturated rings. The average molecular weight is 540 g/mol. The van der Waals surface area contributed by atoms with E-state index in [4.69, 9.17) is 4.98 Å². The molecular formula is C32H25N7O2. The van der Waals surface area contributed by atoms with Gasteiger partial charge in [0.05, 0.1) is 28.3 Å². The molecule has 0 radical (unpaired) electrons. The Bertz CT molecular complexity index is 2050. The largest absolute Gasteiger partial charge is 0.342 e. The van der Waals surface area contributed by atoms with Gasteiger partial charge in [-0.2, -0.15) is 5.10 Å². The standard InChI is InChI=1S/C32H25N7O2/c1-20-13-14-23(19-34-20)15-16-24-9-7-12-26-28(24)32(41)39(25-10-5-4-6-11-25)29(36-26)22(3)35-31(40)27-21(2)37-38-18-8-17-33-30(27)38/h4-14,17-19,22H,1-3H3,(H,35,40). The Morgan fingerprint density at radius 1 is 0.951 bits per heavy atom. The van der Waals surface area contributed by atoms with Crippen molar-refractivity contribution < 1.29 is 4.79 Å². The summed E-state index contributed by atoms with van der Waals surface area (Å²) in [5.74, 6) is 6.27. The highest BCUT2D eigenvalue weighted by Gasteiger charge is 2.24. The normalized spacial score (nSPS) is 11.7. The van der Waals surface area contributed by atoms with Gasteiger partial charge < -0.3 is 5.32 Å². The van der Waals surface area contributed by atoms with Crippen molar-refractivity contribution in [3.63, 3.8) is 0 Å². The summed E-state index contributed by atoms with van der Waals surface area (Å²) in [7, 11) is 0. The number of pyridine rings is 1. The molecule has 0 bridgehead atoms. The zero-order chi connectivity index (χ0) is 28.5. The van der Waals surface area contributed by atoms with E-state index >= 15 is 0 Å². The van der Waals surface area contributed by atoms with Gasteiger partial charge in [0, 0.05) is 35.4 Å². The molecule has 6 aromatic rings. The van der Waals surface area contributed by atoms with E-state index in [9.17, 15) is 9.59 Å². The monoisotopic (exact) mass is 539 g/mol. The SMILES string of the molecule is Cc1ccc(C#Cc2cccc3nc(C(C)NC(=O)c4c(C)nn5cccnc45)n(-c4ccccc4)c(=O)c23)cn1. The highest BCUT2D eigenvalue weighted by molar-refractivity contribution is 6.01. The Morgan fingerprint density at radius 3 is 2.56 bits per heavy atom. The van der Waals surface area contributed by atoms with Crippen LogP contribution in [-0.4, -0.2) is 35.0 Å². The molecule has 0 spiro atoms. The van der Waals surface area contributed by atoms with Gasteiger partial charge >= 0.3 is 0 Å². The third-order valence-corrected chi connectivity index (χ3v) is 6.72. The van der Waals surface area contributed by atoms with Crippen LogP contribution >= 0.6 is 0 Å². The zero-order valence-electron chi connectivity index (χ0n) is 22.7. The van der Waals surface area contributed by atoms with E-state index in [-0.39, 0.29) is 11.5 Å². The Kier molecular flexibility index (Phi) is 6.57. The molecule has 1 atom stereocenters. The summed E-state index contributed by atoms with van der Waals surface area (Å²) in [5, 5.41) is 7.80. The van der Waals surface area contributed by atoms with Crippen molar-refractivity contribution in [1.82, 2.24) is 34.4 Å². The van der Waals surface area contributed by atoms with E-state index < -0.39 is 6.04 Å². The summed E-state index contributed by atoms with van der Waals surface area (Å²) in [4.78, 5) is 41.2. The Labute approximate surface area is 235 Å². The second kappa shape index (κ2) is 10.5. The number of hydrogen-bond donors (Lipinski definition) is 1. The summed E-state index contributed by atoms with van der Waals surface area (Å²) >= 11 is 0. The van der Waals surface area contributed by atoms with Crippen LogP contribution in [0.1, 0.15) is 51.7 Å². The molecule has 0 saturated heterocycles. The van der Waals surface area contributed by atoms with Crippen LogP contribution in [0.25, 0.3) is 22.2 Å². The number of rotatable bonds is 4. The molecule has 2 aromatic carbocycles. The second-order valence-electron chi connectivity index (χ2n) is 9.63. The number of carbonyl (C=O) groups excluding carboxylic acids is 1. The first-order valence-corrected chi connectivity index (χ1v) is 13.1. The van der Waals surface area contributed by atoms with Crippen molar-refractivity contribution in [1.29, 1.82) is 0 Å². The number of benzene rings is 2. The van der Waals surface area contributed by atoms with Crippen LogP contribution in [-0.2, 0) is 0 Å². The molecule has 4 aromatic heterocycles. The van der Waals surface area contributed by atoms with Crippen LogP contribution in [0, 0.1) is 25.7 Å². The molecule has 0 aliphatic rings. The number of amides is 1. The topological polar surface area (TPSA) is 107 Å². The number of aromatic nitrogens is 6. The predicted molar refractivity (Wildman–Crippen MR) is 156 cm³/mol. The van der Waals surface area contributed by atoms with Crippen molar-refractivity contribution >= 4 is 22.5 Å². The Balaban J connectivity index is 1.47. The van der Waals surface area contributed by atoms with Crippen molar-refractivity contribution in [2.45, 2.75) is 26.8 Å². The van der Waals surface area contributed by atoms with E-state index in [1.165, 1.54) is 4.57 Å². The molecule has 0 saturated carbocycles. The molecule has 9 heteroatoms. The molecule has 0 aliphatic carbocycles. The van der Waals surface area contributed by atoms with Gasteiger partial charge in [0.15, 0.2) is 5.65 Å². The quantitative estimate of drug-likeness (QED) is 0.334. The highest BCUT2D eigenvalue weighted by atomic mass is 16.2. The fraction of sp³-hybridized carbons (Fsp3) is 0.125. The number of fused-ring (bicyclic) bond motifs is 2. The average Bonchev–Trinajstić information content (AvgIpc) is 3.32. The highest BCUT2D eigenvalue weighted by Crippen LogP contribution is 2.21. The van der Waals surface area contributed by atoms with Crippen LogP contribution < -0.4 is 10.9 Å². The third-order valence-electron chi connectivity index (χ3n) is 6.72. The van der Waals surface area contributed by atoms with Gasteiger partial charge in [-0.05, 0) is 63.2 Å². The Morgan fingerprint density at radius 2 is 1.78 bits per heavy atom. The summed E-state index contributed by atoms with van der Waals surface area (Å²) in [6.07, 6.45) is 5.06. The minimum atomic E-state index is -0.633. The lowest BCUT2D eigenvalue weighted by Crippen LogP contribution is -2.33. The zero-order valence-corrected chi connectivity index (χ0v) is 22.7. The lowest BCUT2D eigenvalue weighted by Gasteiger charge is -2.20. The molecule has 41 heavy (non-hydrogen) atoms. The molecule has 6 rings (SSSR count). The molecule has 1 unspecified atom stereocenters. The van der Waals surface area contributed by atoms with E-state index in [2.05, 4.69) is 32.2 Å². The minimum Gasteiger partial charge on any atom is -0.342 e. The maximum atomic E-state index is 14.2. The van der Waals surface area contributed by atoms with Crippen molar-refractivity contribution in [3.8, 4) is 17.5 Å². The summed E-state index contributed by atoms with van der Waals surface area (Å²) in [5.41, 5.74) is 4.41. The predicted octanol–water partition coefficient (Wildman–Crippen LogP) is 4.33. The van der Waals surface area contributed by atoms with Gasteiger partial charge in [-0.1, -0.05) is 36.1 Å². The molecule has 1 N–H and O–H groups in total.